The standard InChI is InChI=1S/C18H37N3O2.HI/c1-6-19-17(21-14-18(3,4)22-5)20-13-12-16(23-7-2)15-10-8-9-11-15;/h15-16H,6-14H2,1-5H3,(H2,19,20,21);1H. The van der Waals surface area contributed by atoms with Crippen LogP contribution in [-0.4, -0.2) is 51.0 Å². The Labute approximate surface area is 165 Å². The summed E-state index contributed by atoms with van der Waals surface area (Å²) >= 11 is 0. The zero-order chi connectivity index (χ0) is 17.1. The van der Waals surface area contributed by atoms with Crippen LogP contribution >= 0.6 is 24.0 Å². The second kappa shape index (κ2) is 13.2. The number of hydrogen-bond acceptors (Lipinski definition) is 3. The monoisotopic (exact) mass is 455 g/mol. The number of guanidine groups is 1. The number of halogens is 1. The molecule has 2 N–H and O–H groups in total. The van der Waals surface area contributed by atoms with Crippen molar-refractivity contribution in [2.75, 3.05) is 33.4 Å². The van der Waals surface area contributed by atoms with Crippen molar-refractivity contribution in [1.29, 1.82) is 0 Å². The van der Waals surface area contributed by atoms with Crippen molar-refractivity contribution in [2.24, 2.45) is 10.9 Å². The van der Waals surface area contributed by atoms with Gasteiger partial charge in [0.25, 0.3) is 0 Å². The van der Waals surface area contributed by atoms with E-state index in [1.165, 1.54) is 25.7 Å². The molecule has 0 spiro atoms. The smallest absolute Gasteiger partial charge is 0.191 e. The molecule has 144 valence electrons. The molecule has 1 aliphatic carbocycles. The van der Waals surface area contributed by atoms with E-state index in [0.717, 1.165) is 38.0 Å². The van der Waals surface area contributed by atoms with Gasteiger partial charge in [0.15, 0.2) is 5.96 Å². The average Bonchev–Trinajstić information content (AvgIpc) is 3.06. The quantitative estimate of drug-likeness (QED) is 0.301. The van der Waals surface area contributed by atoms with Crippen LogP contribution in [0.2, 0.25) is 0 Å². The molecule has 0 aromatic carbocycles. The molecule has 5 nitrogen and oxygen atoms in total. The lowest BCUT2D eigenvalue weighted by Gasteiger charge is -2.24. The fourth-order valence-electron chi connectivity index (χ4n) is 3.01. The van der Waals surface area contributed by atoms with Gasteiger partial charge in [-0.15, -0.1) is 24.0 Å². The van der Waals surface area contributed by atoms with E-state index in [1.54, 1.807) is 7.11 Å². The molecule has 0 aliphatic heterocycles. The molecule has 6 heteroatoms. The summed E-state index contributed by atoms with van der Waals surface area (Å²) in [5.41, 5.74) is -0.236. The molecule has 1 rings (SSSR count). The molecule has 1 atom stereocenters. The van der Waals surface area contributed by atoms with Crippen molar-refractivity contribution in [1.82, 2.24) is 10.6 Å². The Morgan fingerprint density at radius 2 is 1.88 bits per heavy atom. The first-order chi connectivity index (χ1) is 11.0. The molecule has 0 heterocycles. The van der Waals surface area contributed by atoms with Gasteiger partial charge < -0.3 is 20.1 Å². The number of aliphatic imine (C=N–C) groups is 1. The minimum Gasteiger partial charge on any atom is -0.378 e. The third-order valence-corrected chi connectivity index (χ3v) is 4.54. The average molecular weight is 455 g/mol. The van der Waals surface area contributed by atoms with Gasteiger partial charge >= 0.3 is 0 Å². The molecule has 1 unspecified atom stereocenters. The molecular formula is C18H38IN3O2. The minimum absolute atomic E-state index is 0. The predicted octanol–water partition coefficient (Wildman–Crippen LogP) is 3.57. The highest BCUT2D eigenvalue weighted by Crippen LogP contribution is 2.30. The highest BCUT2D eigenvalue weighted by molar-refractivity contribution is 14.0. The van der Waals surface area contributed by atoms with Crippen molar-refractivity contribution in [2.45, 2.75) is 71.5 Å². The maximum Gasteiger partial charge on any atom is 0.191 e. The van der Waals surface area contributed by atoms with Gasteiger partial charge in [0.05, 0.1) is 18.2 Å². The van der Waals surface area contributed by atoms with E-state index >= 15 is 0 Å². The number of hydrogen-bond donors (Lipinski definition) is 2. The fourth-order valence-corrected chi connectivity index (χ4v) is 3.01. The minimum atomic E-state index is -0.236. The van der Waals surface area contributed by atoms with E-state index in [0.29, 0.717) is 12.6 Å². The maximum absolute atomic E-state index is 5.98. The number of methoxy groups -OCH3 is 1. The van der Waals surface area contributed by atoms with Crippen LogP contribution in [0.3, 0.4) is 0 Å². The van der Waals surface area contributed by atoms with Crippen molar-refractivity contribution in [3.63, 3.8) is 0 Å². The summed E-state index contributed by atoms with van der Waals surface area (Å²) in [7, 11) is 1.73. The lowest BCUT2D eigenvalue weighted by atomic mass is 9.98. The lowest BCUT2D eigenvalue weighted by molar-refractivity contribution is 0.0169. The zero-order valence-electron chi connectivity index (χ0n) is 16.2. The van der Waals surface area contributed by atoms with Crippen LogP contribution in [0.15, 0.2) is 4.99 Å². The van der Waals surface area contributed by atoms with Gasteiger partial charge in [-0.1, -0.05) is 12.8 Å². The van der Waals surface area contributed by atoms with Crippen LogP contribution in [0.5, 0.6) is 0 Å². The summed E-state index contributed by atoms with van der Waals surface area (Å²) in [4.78, 5) is 4.62. The summed E-state index contributed by atoms with van der Waals surface area (Å²) in [6.07, 6.45) is 6.78. The largest absolute Gasteiger partial charge is 0.378 e. The Kier molecular flexibility index (Phi) is 13.1. The van der Waals surface area contributed by atoms with Gasteiger partial charge in [-0.2, -0.15) is 0 Å². The van der Waals surface area contributed by atoms with Crippen molar-refractivity contribution < 1.29 is 9.47 Å². The second-order valence-corrected chi connectivity index (χ2v) is 6.91. The van der Waals surface area contributed by atoms with Gasteiger partial charge in [0, 0.05) is 26.8 Å². The molecule has 1 aliphatic rings. The highest BCUT2D eigenvalue weighted by Gasteiger charge is 2.25. The van der Waals surface area contributed by atoms with E-state index < -0.39 is 0 Å². The molecule has 0 bridgehead atoms. The van der Waals surface area contributed by atoms with Gasteiger partial charge in [-0.05, 0) is 52.9 Å². The summed E-state index contributed by atoms with van der Waals surface area (Å²) in [6, 6.07) is 0. The molecule has 1 fully saturated rings. The van der Waals surface area contributed by atoms with Gasteiger partial charge in [0.2, 0.25) is 0 Å². The first-order valence-corrected chi connectivity index (χ1v) is 9.21. The summed E-state index contributed by atoms with van der Waals surface area (Å²) in [5, 5.41) is 6.73. The summed E-state index contributed by atoms with van der Waals surface area (Å²) in [6.45, 7) is 11.5. The van der Waals surface area contributed by atoms with E-state index in [4.69, 9.17) is 9.47 Å². The number of nitrogens with one attached hydrogen (secondary N) is 2. The number of rotatable bonds is 10. The number of ether oxygens (including phenoxy) is 2. The van der Waals surface area contributed by atoms with E-state index in [2.05, 4.69) is 29.5 Å². The Hall–Kier alpha value is -0.0800. The molecule has 0 amide bonds. The highest BCUT2D eigenvalue weighted by atomic mass is 127. The zero-order valence-corrected chi connectivity index (χ0v) is 18.5. The Bertz CT molecular complexity index is 345. The van der Waals surface area contributed by atoms with Crippen molar-refractivity contribution in [3.8, 4) is 0 Å². The Balaban J connectivity index is 0.00000529. The van der Waals surface area contributed by atoms with E-state index in [1.807, 2.05) is 13.8 Å². The Morgan fingerprint density at radius 3 is 2.42 bits per heavy atom. The number of nitrogens with zero attached hydrogens (tertiary/aromatic N) is 1. The van der Waals surface area contributed by atoms with Crippen LogP contribution in [0.1, 0.15) is 59.8 Å². The van der Waals surface area contributed by atoms with E-state index in [9.17, 15) is 0 Å². The van der Waals surface area contributed by atoms with E-state index in [-0.39, 0.29) is 29.6 Å². The molecule has 24 heavy (non-hydrogen) atoms. The molecule has 1 saturated carbocycles. The normalized spacial score (nSPS) is 17.5. The van der Waals surface area contributed by atoms with Crippen molar-refractivity contribution in [3.05, 3.63) is 0 Å². The first kappa shape index (κ1) is 23.9. The maximum atomic E-state index is 5.98. The van der Waals surface area contributed by atoms with Crippen LogP contribution in [0.4, 0.5) is 0 Å². The predicted molar refractivity (Wildman–Crippen MR) is 112 cm³/mol. The first-order valence-electron chi connectivity index (χ1n) is 9.21. The van der Waals surface area contributed by atoms with Gasteiger partial charge in [-0.3, -0.25) is 4.99 Å². The Morgan fingerprint density at radius 1 is 1.21 bits per heavy atom. The van der Waals surface area contributed by atoms with Gasteiger partial charge in [-0.25, -0.2) is 0 Å². The SMILES string of the molecule is CCNC(=NCC(C)(C)OC)NCCC(OCC)C1CCCC1.I. The van der Waals surface area contributed by atoms with Crippen LogP contribution in [0, 0.1) is 5.92 Å². The summed E-state index contributed by atoms with van der Waals surface area (Å²) < 4.78 is 11.4. The fraction of sp³-hybridized carbons (Fsp3) is 0.944. The van der Waals surface area contributed by atoms with Gasteiger partial charge in [0.1, 0.15) is 0 Å². The molecular weight excluding hydrogens is 417 g/mol. The third kappa shape index (κ3) is 9.42. The topological polar surface area (TPSA) is 54.9 Å². The second-order valence-electron chi connectivity index (χ2n) is 6.91. The molecule has 0 radical (unpaired) electrons. The lowest BCUT2D eigenvalue weighted by Crippen LogP contribution is -2.40. The van der Waals surface area contributed by atoms with Crippen LogP contribution in [0.25, 0.3) is 0 Å². The van der Waals surface area contributed by atoms with Crippen molar-refractivity contribution >= 4 is 29.9 Å². The summed E-state index contributed by atoms with van der Waals surface area (Å²) in [5.74, 6) is 1.60. The molecule has 0 saturated heterocycles. The third-order valence-electron chi connectivity index (χ3n) is 4.54. The molecule has 0 aromatic rings. The van der Waals surface area contributed by atoms with Crippen LogP contribution in [-0.2, 0) is 9.47 Å². The van der Waals surface area contributed by atoms with Crippen LogP contribution < -0.4 is 10.6 Å². The molecule has 0 aromatic heterocycles.